The van der Waals surface area contributed by atoms with E-state index >= 15 is 0 Å². The molecule has 4 heteroatoms. The van der Waals surface area contributed by atoms with Crippen molar-refractivity contribution in [2.75, 3.05) is 13.2 Å². The number of hydrogen-bond donors (Lipinski definition) is 1. The second kappa shape index (κ2) is 3.46. The van der Waals surface area contributed by atoms with Gasteiger partial charge in [-0.05, 0) is 19.1 Å². The van der Waals surface area contributed by atoms with Crippen molar-refractivity contribution in [1.82, 2.24) is 0 Å². The van der Waals surface area contributed by atoms with Crippen molar-refractivity contribution in [1.29, 1.82) is 0 Å². The molecule has 0 unspecified atom stereocenters. The molecule has 3 nitrogen and oxygen atoms in total. The van der Waals surface area contributed by atoms with Crippen molar-refractivity contribution < 1.29 is 13.9 Å². The van der Waals surface area contributed by atoms with E-state index in [2.05, 4.69) is 0 Å². The van der Waals surface area contributed by atoms with Gasteiger partial charge in [0.15, 0.2) is 11.6 Å². The lowest BCUT2D eigenvalue weighted by Crippen LogP contribution is -2.12. The van der Waals surface area contributed by atoms with Gasteiger partial charge in [0.2, 0.25) is 0 Å². The van der Waals surface area contributed by atoms with E-state index in [-0.39, 0.29) is 17.6 Å². The van der Waals surface area contributed by atoms with E-state index in [1.807, 2.05) is 6.92 Å². The number of ether oxygens (including phenoxy) is 2. The third-order valence-corrected chi connectivity index (χ3v) is 2.19. The first-order valence-corrected chi connectivity index (χ1v) is 4.57. The van der Waals surface area contributed by atoms with E-state index < -0.39 is 0 Å². The molecule has 0 saturated heterocycles. The minimum atomic E-state index is -0.378. The van der Waals surface area contributed by atoms with Crippen LogP contribution in [0.1, 0.15) is 18.5 Å². The topological polar surface area (TPSA) is 44.5 Å². The molecule has 0 radical (unpaired) electrons. The number of halogens is 1. The molecule has 1 aliphatic heterocycles. The van der Waals surface area contributed by atoms with E-state index in [0.29, 0.717) is 24.5 Å². The van der Waals surface area contributed by atoms with Crippen LogP contribution >= 0.6 is 0 Å². The molecule has 1 atom stereocenters. The number of benzene rings is 1. The predicted molar refractivity (Wildman–Crippen MR) is 50.0 cm³/mol. The maximum Gasteiger partial charge on any atom is 0.165 e. The lowest BCUT2D eigenvalue weighted by Gasteiger charge is -2.10. The van der Waals surface area contributed by atoms with Crippen molar-refractivity contribution >= 4 is 0 Å². The van der Waals surface area contributed by atoms with Gasteiger partial charge in [0, 0.05) is 0 Å². The largest absolute Gasteiger partial charge is 0.493 e. The Hall–Kier alpha value is -1.29. The van der Waals surface area contributed by atoms with E-state index in [1.165, 1.54) is 6.07 Å². The van der Waals surface area contributed by atoms with Gasteiger partial charge in [-0.3, -0.25) is 0 Å². The van der Waals surface area contributed by atoms with Crippen LogP contribution in [-0.2, 0) is 0 Å². The second-order valence-electron chi connectivity index (χ2n) is 3.14. The molecule has 1 heterocycles. The summed E-state index contributed by atoms with van der Waals surface area (Å²) < 4.78 is 23.7. The van der Waals surface area contributed by atoms with Gasteiger partial charge in [0.05, 0.1) is 18.2 Å². The molecule has 0 aliphatic carbocycles. The van der Waals surface area contributed by atoms with Crippen LogP contribution < -0.4 is 15.2 Å². The van der Waals surface area contributed by atoms with Gasteiger partial charge in [-0.2, -0.15) is 0 Å². The molecular weight excluding hydrogens is 185 g/mol. The van der Waals surface area contributed by atoms with Gasteiger partial charge in [-0.15, -0.1) is 0 Å². The van der Waals surface area contributed by atoms with Crippen LogP contribution in [0.2, 0.25) is 0 Å². The summed E-state index contributed by atoms with van der Waals surface area (Å²) in [4.78, 5) is 0. The van der Waals surface area contributed by atoms with Crippen molar-refractivity contribution in [3.63, 3.8) is 0 Å². The summed E-state index contributed by atoms with van der Waals surface area (Å²) in [6.45, 7) is 2.72. The molecule has 0 saturated carbocycles. The molecule has 14 heavy (non-hydrogen) atoms. The van der Waals surface area contributed by atoms with Gasteiger partial charge < -0.3 is 15.2 Å². The highest BCUT2D eigenvalue weighted by atomic mass is 19.1. The molecular formula is C10H12FNO2. The Morgan fingerprint density at radius 2 is 2.43 bits per heavy atom. The third kappa shape index (κ3) is 1.32. The van der Waals surface area contributed by atoms with Crippen LogP contribution in [0.25, 0.3) is 0 Å². The van der Waals surface area contributed by atoms with Crippen LogP contribution in [0.5, 0.6) is 11.5 Å². The zero-order valence-corrected chi connectivity index (χ0v) is 7.92. The fourth-order valence-electron chi connectivity index (χ4n) is 1.59. The number of rotatable bonds is 2. The summed E-state index contributed by atoms with van der Waals surface area (Å²) in [6, 6.07) is 2.64. The van der Waals surface area contributed by atoms with Crippen LogP contribution in [0, 0.1) is 5.82 Å². The number of nitrogens with two attached hydrogens (primary N) is 1. The fraction of sp³-hybridized carbons (Fsp3) is 0.400. The summed E-state index contributed by atoms with van der Waals surface area (Å²) in [5.74, 6) is 0.480. The van der Waals surface area contributed by atoms with Crippen LogP contribution in [-0.4, -0.2) is 13.2 Å². The summed E-state index contributed by atoms with van der Waals surface area (Å²) in [6.07, 6.45) is 0. The molecule has 0 spiro atoms. The smallest absolute Gasteiger partial charge is 0.165 e. The van der Waals surface area contributed by atoms with Crippen LogP contribution in [0.3, 0.4) is 0 Å². The normalized spacial score (nSPS) is 18.9. The zero-order valence-electron chi connectivity index (χ0n) is 7.92. The molecule has 2 N–H and O–H groups in total. The Morgan fingerprint density at radius 3 is 3.14 bits per heavy atom. The fourth-order valence-corrected chi connectivity index (χ4v) is 1.59. The molecule has 1 aliphatic rings. The predicted octanol–water partition coefficient (Wildman–Crippen LogP) is 1.62. The first-order valence-electron chi connectivity index (χ1n) is 4.57. The van der Waals surface area contributed by atoms with Crippen LogP contribution in [0.15, 0.2) is 12.1 Å². The Balaban J connectivity index is 2.49. The average Bonchev–Trinajstić information content (AvgIpc) is 2.55. The quantitative estimate of drug-likeness (QED) is 0.783. The van der Waals surface area contributed by atoms with Gasteiger partial charge in [-0.25, -0.2) is 4.39 Å². The zero-order chi connectivity index (χ0) is 10.1. The summed E-state index contributed by atoms with van der Waals surface area (Å²) in [5, 5.41) is 0. The second-order valence-corrected chi connectivity index (χ2v) is 3.14. The lowest BCUT2D eigenvalue weighted by atomic mass is 10.1. The first kappa shape index (κ1) is 9.27. The van der Waals surface area contributed by atoms with Gasteiger partial charge in [0.1, 0.15) is 12.4 Å². The van der Waals surface area contributed by atoms with E-state index in [9.17, 15) is 4.39 Å². The Bertz CT molecular complexity index is 354. The highest BCUT2D eigenvalue weighted by molar-refractivity contribution is 5.50. The number of hydrogen-bond acceptors (Lipinski definition) is 3. The first-order chi connectivity index (χ1) is 6.74. The Kier molecular flexibility index (Phi) is 2.29. The molecule has 1 aromatic rings. The number of fused-ring (bicyclic) bond motifs is 1. The lowest BCUT2D eigenvalue weighted by molar-refractivity contribution is 0.319. The molecule has 76 valence electrons. The van der Waals surface area contributed by atoms with E-state index in [0.717, 1.165) is 0 Å². The highest BCUT2D eigenvalue weighted by Gasteiger charge is 2.28. The molecule has 0 fully saturated rings. The maximum absolute atomic E-state index is 13.2. The standard InChI is InChI=1S/C10H12FNO2/c1-2-13-8-4-3-6(11)10-9(8)7(12)5-14-10/h3-4,7H,2,5,12H2,1H3/t7-/m0/s1. The van der Waals surface area contributed by atoms with Crippen molar-refractivity contribution in [2.45, 2.75) is 13.0 Å². The summed E-state index contributed by atoms with van der Waals surface area (Å²) in [7, 11) is 0. The minimum Gasteiger partial charge on any atom is -0.493 e. The maximum atomic E-state index is 13.2. The molecule has 0 aromatic heterocycles. The molecule has 2 rings (SSSR count). The van der Waals surface area contributed by atoms with Crippen molar-refractivity contribution in [2.24, 2.45) is 5.73 Å². The third-order valence-electron chi connectivity index (χ3n) is 2.19. The SMILES string of the molecule is CCOc1ccc(F)c2c1[C@@H](N)CO2. The highest BCUT2D eigenvalue weighted by Crippen LogP contribution is 2.40. The van der Waals surface area contributed by atoms with Gasteiger partial charge in [0.25, 0.3) is 0 Å². The molecule has 0 bridgehead atoms. The van der Waals surface area contributed by atoms with Crippen molar-refractivity contribution in [3.8, 4) is 11.5 Å². The summed E-state index contributed by atoms with van der Waals surface area (Å²) in [5.41, 5.74) is 6.42. The summed E-state index contributed by atoms with van der Waals surface area (Å²) >= 11 is 0. The van der Waals surface area contributed by atoms with Gasteiger partial charge >= 0.3 is 0 Å². The van der Waals surface area contributed by atoms with E-state index in [1.54, 1.807) is 6.07 Å². The Labute approximate surface area is 81.6 Å². The van der Waals surface area contributed by atoms with Gasteiger partial charge in [-0.1, -0.05) is 0 Å². The van der Waals surface area contributed by atoms with E-state index in [4.69, 9.17) is 15.2 Å². The molecule has 0 amide bonds. The Morgan fingerprint density at radius 1 is 1.64 bits per heavy atom. The monoisotopic (exact) mass is 197 g/mol. The van der Waals surface area contributed by atoms with Crippen molar-refractivity contribution in [3.05, 3.63) is 23.5 Å². The minimum absolute atomic E-state index is 0.239. The molecule has 1 aromatic carbocycles. The van der Waals surface area contributed by atoms with Crippen LogP contribution in [0.4, 0.5) is 4.39 Å². The average molecular weight is 197 g/mol.